The molecule has 0 heterocycles. The van der Waals surface area contributed by atoms with Gasteiger partial charge in [-0.3, -0.25) is 9.59 Å². The van der Waals surface area contributed by atoms with E-state index >= 15 is 0 Å². The van der Waals surface area contributed by atoms with E-state index in [2.05, 4.69) is 21.2 Å². The Kier molecular flexibility index (Phi) is 4.19. The van der Waals surface area contributed by atoms with Crippen LogP contribution in [-0.4, -0.2) is 17.0 Å². The van der Waals surface area contributed by atoms with Crippen LogP contribution < -0.4 is 5.32 Å². The zero-order valence-corrected chi connectivity index (χ0v) is 11.6. The first-order valence-corrected chi connectivity index (χ1v) is 6.75. The first-order chi connectivity index (χ1) is 8.97. The van der Waals surface area contributed by atoms with Crippen LogP contribution in [-0.2, 0) is 9.59 Å². The fraction of sp³-hybridized carbons (Fsp3) is 0.385. The van der Waals surface area contributed by atoms with Gasteiger partial charge >= 0.3 is 5.97 Å². The molecule has 1 aliphatic rings. The van der Waals surface area contributed by atoms with Crippen molar-refractivity contribution in [2.24, 2.45) is 11.8 Å². The molecule has 0 aromatic heterocycles. The Labute approximate surface area is 118 Å². The summed E-state index contributed by atoms with van der Waals surface area (Å²) < 4.78 is 14.2. The van der Waals surface area contributed by atoms with E-state index in [-0.39, 0.29) is 17.5 Å². The summed E-state index contributed by atoms with van der Waals surface area (Å²) in [5.74, 6) is -2.53. The van der Waals surface area contributed by atoms with Crippen molar-refractivity contribution in [2.45, 2.75) is 19.3 Å². The summed E-state index contributed by atoms with van der Waals surface area (Å²) in [6.07, 6.45) is 1.34. The summed E-state index contributed by atoms with van der Waals surface area (Å²) in [5, 5.41) is 11.4. The number of hydrogen-bond donors (Lipinski definition) is 2. The van der Waals surface area contributed by atoms with E-state index in [4.69, 9.17) is 5.11 Å². The van der Waals surface area contributed by atoms with Gasteiger partial charge in [0.1, 0.15) is 5.82 Å². The van der Waals surface area contributed by atoms with Crippen molar-refractivity contribution in [2.75, 3.05) is 5.32 Å². The van der Waals surface area contributed by atoms with E-state index in [0.717, 1.165) is 0 Å². The molecule has 4 nitrogen and oxygen atoms in total. The zero-order valence-electron chi connectivity index (χ0n) is 10.0. The highest BCUT2D eigenvalue weighted by Crippen LogP contribution is 2.32. The van der Waals surface area contributed by atoms with Crippen LogP contribution in [0.25, 0.3) is 0 Å². The Bertz CT molecular complexity index is 521. The minimum absolute atomic E-state index is 0.109. The van der Waals surface area contributed by atoms with Gasteiger partial charge < -0.3 is 10.4 Å². The van der Waals surface area contributed by atoms with Crippen molar-refractivity contribution < 1.29 is 19.1 Å². The lowest BCUT2D eigenvalue weighted by molar-refractivity contribution is -0.141. The van der Waals surface area contributed by atoms with Crippen LogP contribution >= 0.6 is 15.9 Å². The standard InChI is InChI=1S/C13H13BrFNO3/c14-9-3-4-10(15)11(6-9)16-12(17)7-1-2-8(5-7)13(18)19/h3-4,6-8H,1-2,5H2,(H,16,17)(H,18,19)/t7-,8+/m0/s1. The van der Waals surface area contributed by atoms with Crippen LogP contribution in [0.3, 0.4) is 0 Å². The molecule has 0 radical (unpaired) electrons. The molecule has 2 rings (SSSR count). The van der Waals surface area contributed by atoms with Crippen LogP contribution in [0.4, 0.5) is 10.1 Å². The van der Waals surface area contributed by atoms with Gasteiger partial charge in [0.2, 0.25) is 5.91 Å². The minimum Gasteiger partial charge on any atom is -0.481 e. The third-order valence-electron chi connectivity index (χ3n) is 3.34. The van der Waals surface area contributed by atoms with Gasteiger partial charge in [0.05, 0.1) is 11.6 Å². The molecule has 0 saturated heterocycles. The summed E-state index contributed by atoms with van der Waals surface area (Å²) in [7, 11) is 0. The van der Waals surface area contributed by atoms with E-state index < -0.39 is 17.7 Å². The number of carboxylic acid groups (broad SMARTS) is 1. The molecule has 1 saturated carbocycles. The Balaban J connectivity index is 2.02. The molecule has 0 bridgehead atoms. The molecule has 1 aliphatic carbocycles. The van der Waals surface area contributed by atoms with Gasteiger partial charge in [-0.05, 0) is 37.5 Å². The number of carbonyl (C=O) groups is 2. The Morgan fingerprint density at radius 2 is 2.00 bits per heavy atom. The van der Waals surface area contributed by atoms with Gasteiger partial charge in [0, 0.05) is 10.4 Å². The highest BCUT2D eigenvalue weighted by molar-refractivity contribution is 9.10. The number of carboxylic acids is 1. The highest BCUT2D eigenvalue weighted by Gasteiger charge is 2.34. The predicted octanol–water partition coefficient (Wildman–Crippen LogP) is 3.03. The molecule has 19 heavy (non-hydrogen) atoms. The van der Waals surface area contributed by atoms with Crippen LogP contribution in [0.2, 0.25) is 0 Å². The summed E-state index contributed by atoms with van der Waals surface area (Å²) >= 11 is 3.20. The van der Waals surface area contributed by atoms with Crippen LogP contribution in [0.15, 0.2) is 22.7 Å². The number of carbonyl (C=O) groups excluding carboxylic acids is 1. The molecule has 1 aromatic rings. The molecule has 1 aromatic carbocycles. The second-order valence-corrected chi connectivity index (χ2v) is 5.57. The molecule has 2 N–H and O–H groups in total. The van der Waals surface area contributed by atoms with Crippen LogP contribution in [0.1, 0.15) is 19.3 Å². The smallest absolute Gasteiger partial charge is 0.306 e. The fourth-order valence-corrected chi connectivity index (χ4v) is 2.63. The number of rotatable bonds is 3. The minimum atomic E-state index is -0.871. The number of benzene rings is 1. The number of aliphatic carboxylic acids is 1. The first-order valence-electron chi connectivity index (χ1n) is 5.96. The maximum atomic E-state index is 13.5. The van der Waals surface area contributed by atoms with E-state index in [1.165, 1.54) is 12.1 Å². The van der Waals surface area contributed by atoms with Gasteiger partial charge in [-0.1, -0.05) is 15.9 Å². The summed E-state index contributed by atoms with van der Waals surface area (Å²) in [6, 6.07) is 4.28. The second kappa shape index (κ2) is 5.69. The molecule has 0 spiro atoms. The maximum absolute atomic E-state index is 13.5. The van der Waals surface area contributed by atoms with Gasteiger partial charge in [-0.2, -0.15) is 0 Å². The van der Waals surface area contributed by atoms with Crippen molar-refractivity contribution in [3.8, 4) is 0 Å². The summed E-state index contributed by atoms with van der Waals surface area (Å²) in [4.78, 5) is 22.8. The highest BCUT2D eigenvalue weighted by atomic mass is 79.9. The van der Waals surface area contributed by atoms with E-state index in [0.29, 0.717) is 23.7 Å². The first kappa shape index (κ1) is 14.0. The molecule has 1 amide bonds. The lowest BCUT2D eigenvalue weighted by Gasteiger charge is -2.11. The summed E-state index contributed by atoms with van der Waals surface area (Å²) in [5.41, 5.74) is 0.109. The van der Waals surface area contributed by atoms with Gasteiger partial charge in [-0.15, -0.1) is 0 Å². The third-order valence-corrected chi connectivity index (χ3v) is 3.83. The van der Waals surface area contributed by atoms with Crippen molar-refractivity contribution in [3.05, 3.63) is 28.5 Å². The molecule has 0 aliphatic heterocycles. The number of amides is 1. The fourth-order valence-electron chi connectivity index (χ4n) is 2.27. The predicted molar refractivity (Wildman–Crippen MR) is 71.2 cm³/mol. The number of nitrogens with one attached hydrogen (secondary N) is 1. The van der Waals surface area contributed by atoms with Crippen molar-refractivity contribution >= 4 is 33.5 Å². The average Bonchev–Trinajstić information content (AvgIpc) is 2.83. The average molecular weight is 330 g/mol. The van der Waals surface area contributed by atoms with Gasteiger partial charge in [-0.25, -0.2) is 4.39 Å². The Hall–Kier alpha value is -1.43. The van der Waals surface area contributed by atoms with Crippen LogP contribution in [0, 0.1) is 17.7 Å². The number of anilines is 1. The topological polar surface area (TPSA) is 66.4 Å². The normalized spacial score (nSPS) is 22.2. The number of hydrogen-bond acceptors (Lipinski definition) is 2. The third kappa shape index (κ3) is 3.32. The SMILES string of the molecule is O=C(O)[C@@H]1CC[C@H](C(=O)Nc2cc(Br)ccc2F)C1. The van der Waals surface area contributed by atoms with Crippen LogP contribution in [0.5, 0.6) is 0 Å². The molecule has 0 unspecified atom stereocenters. The lowest BCUT2D eigenvalue weighted by Crippen LogP contribution is -2.22. The molecule has 6 heteroatoms. The van der Waals surface area contributed by atoms with E-state index in [1.54, 1.807) is 6.07 Å². The zero-order chi connectivity index (χ0) is 14.0. The maximum Gasteiger partial charge on any atom is 0.306 e. The largest absolute Gasteiger partial charge is 0.481 e. The molecule has 2 atom stereocenters. The molecular weight excluding hydrogens is 317 g/mol. The van der Waals surface area contributed by atoms with Crippen molar-refractivity contribution in [3.63, 3.8) is 0 Å². The lowest BCUT2D eigenvalue weighted by atomic mass is 10.0. The monoisotopic (exact) mass is 329 g/mol. The molecule has 102 valence electrons. The Morgan fingerprint density at radius 3 is 2.63 bits per heavy atom. The number of halogens is 2. The Morgan fingerprint density at radius 1 is 1.32 bits per heavy atom. The van der Waals surface area contributed by atoms with E-state index in [9.17, 15) is 14.0 Å². The van der Waals surface area contributed by atoms with Gasteiger partial charge in [0.25, 0.3) is 0 Å². The second-order valence-electron chi connectivity index (χ2n) is 4.66. The van der Waals surface area contributed by atoms with E-state index in [1.807, 2.05) is 0 Å². The quantitative estimate of drug-likeness (QED) is 0.895. The van der Waals surface area contributed by atoms with Crippen molar-refractivity contribution in [1.82, 2.24) is 0 Å². The molecular formula is C13H13BrFNO3. The van der Waals surface area contributed by atoms with Gasteiger partial charge in [0.15, 0.2) is 0 Å². The molecule has 1 fully saturated rings. The van der Waals surface area contributed by atoms with Crippen molar-refractivity contribution in [1.29, 1.82) is 0 Å². The summed E-state index contributed by atoms with van der Waals surface area (Å²) in [6.45, 7) is 0.